The van der Waals surface area contributed by atoms with Gasteiger partial charge in [0.15, 0.2) is 17.9 Å². The lowest BCUT2D eigenvalue weighted by Gasteiger charge is -2.47. The number of nitrogens with one attached hydrogen (secondary N) is 2. The summed E-state index contributed by atoms with van der Waals surface area (Å²) in [4.78, 5) is 61.2. The van der Waals surface area contributed by atoms with Gasteiger partial charge in [-0.05, 0) is 82.2 Å². The first-order chi connectivity index (χ1) is 28.3. The van der Waals surface area contributed by atoms with Crippen LogP contribution in [0.3, 0.4) is 0 Å². The van der Waals surface area contributed by atoms with Gasteiger partial charge in [-0.1, -0.05) is 20.8 Å². The van der Waals surface area contributed by atoms with Crippen LogP contribution >= 0.6 is 0 Å². The van der Waals surface area contributed by atoms with E-state index in [0.717, 1.165) is 11.1 Å². The van der Waals surface area contributed by atoms with E-state index in [2.05, 4.69) is 10.6 Å². The van der Waals surface area contributed by atoms with Crippen molar-refractivity contribution in [3.63, 3.8) is 0 Å². The molecule has 3 heterocycles. The second-order valence-corrected chi connectivity index (χ2v) is 17.2. The molecule has 5 rings (SSSR count). The molecule has 4 amide bonds. The molecule has 18 heteroatoms. The molecule has 330 valence electrons. The number of carbonyl (C=O) groups is 4. The minimum Gasteiger partial charge on any atom is -0.387 e. The molecule has 3 aromatic rings. The molecule has 2 aliphatic rings. The van der Waals surface area contributed by atoms with Crippen molar-refractivity contribution in [3.05, 3.63) is 53.6 Å². The number of aromatic nitrogens is 3. The SMILES string of the molecule is CCOCCOCCNC(=O)[C@@H](O)[C@H](O)[C@H](O)[C@@H](O)C(=O)NC1CCC(C(=O)N2CCN(C(=O)c3cn4nc(-c5ccc(F)cc5)cc(C(C)(C)C)c4n3)C(C)(C)C2)CC1. The molecule has 0 radical (unpaired) electrons. The monoisotopic (exact) mass is 841 g/mol. The van der Waals surface area contributed by atoms with Crippen LogP contribution in [0.25, 0.3) is 16.9 Å². The van der Waals surface area contributed by atoms with E-state index in [1.165, 1.54) is 12.1 Å². The number of nitrogens with zero attached hydrogens (tertiary/aromatic N) is 5. The van der Waals surface area contributed by atoms with Crippen molar-refractivity contribution in [2.24, 2.45) is 5.92 Å². The molecule has 1 aromatic carbocycles. The van der Waals surface area contributed by atoms with Gasteiger partial charge < -0.3 is 50.3 Å². The summed E-state index contributed by atoms with van der Waals surface area (Å²) in [5, 5.41) is 51.1. The van der Waals surface area contributed by atoms with Crippen molar-refractivity contribution < 1.29 is 53.5 Å². The van der Waals surface area contributed by atoms with Crippen molar-refractivity contribution in [3.8, 4) is 11.3 Å². The van der Waals surface area contributed by atoms with Crippen molar-refractivity contribution in [2.45, 2.75) is 109 Å². The normalized spacial score (nSPS) is 20.3. The average Bonchev–Trinajstić information content (AvgIpc) is 3.65. The number of piperazine rings is 1. The number of imidazole rings is 1. The van der Waals surface area contributed by atoms with E-state index < -0.39 is 47.8 Å². The summed E-state index contributed by atoms with van der Waals surface area (Å²) in [5.74, 6) is -3.02. The van der Waals surface area contributed by atoms with Gasteiger partial charge in [0.05, 0.1) is 37.3 Å². The number of hydrogen-bond acceptors (Lipinski definition) is 12. The van der Waals surface area contributed by atoms with E-state index in [-0.39, 0.29) is 54.4 Å². The Morgan fingerprint density at radius 1 is 0.917 bits per heavy atom. The zero-order valence-corrected chi connectivity index (χ0v) is 35.3. The fraction of sp³-hybridized carbons (Fsp3) is 0.619. The van der Waals surface area contributed by atoms with Crippen LogP contribution in [0, 0.1) is 11.7 Å². The van der Waals surface area contributed by atoms with Gasteiger partial charge in [-0.15, -0.1) is 0 Å². The zero-order valence-electron chi connectivity index (χ0n) is 35.3. The number of rotatable bonds is 16. The Balaban J connectivity index is 1.11. The summed E-state index contributed by atoms with van der Waals surface area (Å²) in [7, 11) is 0. The van der Waals surface area contributed by atoms with Gasteiger partial charge in [0.2, 0.25) is 5.91 Å². The number of halogens is 1. The average molecular weight is 842 g/mol. The smallest absolute Gasteiger partial charge is 0.274 e. The number of benzene rings is 1. The van der Waals surface area contributed by atoms with Crippen molar-refractivity contribution in [1.29, 1.82) is 0 Å². The van der Waals surface area contributed by atoms with Gasteiger partial charge in [0.25, 0.3) is 17.7 Å². The van der Waals surface area contributed by atoms with E-state index in [9.17, 15) is 44.0 Å². The molecule has 6 N–H and O–H groups in total. The van der Waals surface area contributed by atoms with Crippen LogP contribution in [0.15, 0.2) is 36.5 Å². The molecule has 1 saturated heterocycles. The van der Waals surface area contributed by atoms with Gasteiger partial charge in [-0.3, -0.25) is 19.2 Å². The first-order valence-electron chi connectivity index (χ1n) is 20.6. The minimum atomic E-state index is -2.16. The molecule has 1 saturated carbocycles. The molecule has 2 fully saturated rings. The molecule has 4 atom stereocenters. The van der Waals surface area contributed by atoms with E-state index in [1.54, 1.807) is 32.6 Å². The Bertz CT molecular complexity index is 1960. The molecule has 0 spiro atoms. The quantitative estimate of drug-likeness (QED) is 0.112. The molecule has 0 bridgehead atoms. The second kappa shape index (κ2) is 19.9. The van der Waals surface area contributed by atoms with Gasteiger partial charge >= 0.3 is 0 Å². The highest BCUT2D eigenvalue weighted by atomic mass is 19.1. The zero-order chi connectivity index (χ0) is 43.9. The fourth-order valence-corrected chi connectivity index (χ4v) is 7.68. The van der Waals surface area contributed by atoms with Gasteiger partial charge in [0.1, 0.15) is 23.7 Å². The van der Waals surface area contributed by atoms with Crippen molar-refractivity contribution in [1.82, 2.24) is 35.0 Å². The summed E-state index contributed by atoms with van der Waals surface area (Å²) in [6.07, 6.45) is -5.24. The summed E-state index contributed by atoms with van der Waals surface area (Å²) >= 11 is 0. The molecule has 1 aliphatic heterocycles. The lowest BCUT2D eigenvalue weighted by molar-refractivity contribution is -0.156. The molecule has 0 unspecified atom stereocenters. The van der Waals surface area contributed by atoms with Crippen LogP contribution in [0.2, 0.25) is 0 Å². The Hall–Kier alpha value is -4.59. The highest BCUT2D eigenvalue weighted by Crippen LogP contribution is 2.32. The first-order valence-corrected chi connectivity index (χ1v) is 20.6. The third-order valence-electron chi connectivity index (χ3n) is 11.1. The second-order valence-electron chi connectivity index (χ2n) is 17.2. The minimum absolute atomic E-state index is 0.0108. The van der Waals surface area contributed by atoms with Crippen LogP contribution in [0.4, 0.5) is 4.39 Å². The highest BCUT2D eigenvalue weighted by molar-refractivity contribution is 5.94. The molecule has 2 aromatic heterocycles. The van der Waals surface area contributed by atoms with Crippen LogP contribution < -0.4 is 10.6 Å². The third kappa shape index (κ3) is 11.2. The lowest BCUT2D eigenvalue weighted by atomic mass is 9.84. The fourth-order valence-electron chi connectivity index (χ4n) is 7.68. The van der Waals surface area contributed by atoms with E-state index in [1.807, 2.05) is 47.6 Å². The number of amides is 4. The number of carbonyl (C=O) groups excluding carboxylic acids is 4. The van der Waals surface area contributed by atoms with Crippen LogP contribution in [-0.2, 0) is 29.3 Å². The number of aliphatic hydroxyl groups excluding tert-OH is 4. The predicted molar refractivity (Wildman–Crippen MR) is 217 cm³/mol. The Morgan fingerprint density at radius 2 is 1.55 bits per heavy atom. The van der Waals surface area contributed by atoms with Crippen molar-refractivity contribution in [2.75, 3.05) is 52.6 Å². The van der Waals surface area contributed by atoms with Crippen LogP contribution in [0.1, 0.15) is 83.3 Å². The number of hydrogen-bond donors (Lipinski definition) is 6. The summed E-state index contributed by atoms with van der Waals surface area (Å²) in [6.45, 7) is 14.0. The molecule has 60 heavy (non-hydrogen) atoms. The highest BCUT2D eigenvalue weighted by Gasteiger charge is 2.42. The van der Waals surface area contributed by atoms with Gasteiger partial charge in [0, 0.05) is 55.9 Å². The molecular formula is C42H60FN7O10. The Kier molecular flexibility index (Phi) is 15.4. The molecule has 17 nitrogen and oxygen atoms in total. The van der Waals surface area contributed by atoms with Gasteiger partial charge in [-0.25, -0.2) is 13.9 Å². The van der Waals surface area contributed by atoms with Crippen molar-refractivity contribution >= 4 is 29.3 Å². The number of ether oxygens (including phenoxy) is 2. The van der Waals surface area contributed by atoms with E-state index in [0.29, 0.717) is 69.9 Å². The van der Waals surface area contributed by atoms with Gasteiger partial charge in [-0.2, -0.15) is 5.10 Å². The lowest BCUT2D eigenvalue weighted by Crippen LogP contribution is -2.62. The molecular weight excluding hydrogens is 781 g/mol. The maximum absolute atomic E-state index is 14.1. The Labute approximate surface area is 349 Å². The standard InChI is InChI=1S/C42H60FN7O10/c1-7-59-20-21-60-19-16-44-37(55)34(53)32(51)33(52)35(54)38(56)45-28-14-10-26(11-15-28)39(57)48-17-18-49(42(5,6)24-48)40(58)31-23-50-36(46-31)29(41(2,3)4)22-30(47-50)25-8-12-27(43)13-9-25/h8-9,12-13,22-23,26,28,32-35,51-54H,7,10-11,14-21,24H2,1-6H3,(H,44,55)(H,45,56)/t26?,28?,32-,33+,34+,35-/m1/s1. The van der Waals surface area contributed by atoms with Crippen LogP contribution in [-0.4, -0.2) is 157 Å². The number of fused-ring (bicyclic) bond motifs is 1. The summed E-state index contributed by atoms with van der Waals surface area (Å²) in [6, 6.07) is 7.56. The van der Waals surface area contributed by atoms with Crippen LogP contribution in [0.5, 0.6) is 0 Å². The summed E-state index contributed by atoms with van der Waals surface area (Å²) in [5.41, 5.74) is 1.89. The summed E-state index contributed by atoms with van der Waals surface area (Å²) < 4.78 is 25.7. The first kappa shape index (κ1) is 46.5. The predicted octanol–water partition coefficient (Wildman–Crippen LogP) is 1.18. The largest absolute Gasteiger partial charge is 0.387 e. The molecule has 1 aliphatic carbocycles. The van der Waals surface area contributed by atoms with E-state index >= 15 is 0 Å². The maximum atomic E-state index is 14.1. The topological polar surface area (TPSA) is 228 Å². The van der Waals surface area contributed by atoms with E-state index in [4.69, 9.17) is 19.6 Å². The third-order valence-corrected chi connectivity index (χ3v) is 11.1. The number of aliphatic hydroxyl groups is 4. The Morgan fingerprint density at radius 3 is 2.17 bits per heavy atom. The maximum Gasteiger partial charge on any atom is 0.274 e.